The molecule has 2 heterocycles. The average Bonchev–Trinajstić information content (AvgIpc) is 3.48. The standard InChI is InChI=1S/C22H23N3O5S2/c1-29-18-6-3-2-5-17(18)25-19(26)11-20-24-16(14-32-20)12-30-21(27)7-4-9-23-22(28)15-8-10-31-13-15/h2-3,5-6,8,10,13-14H,4,7,9,11-12H2,1H3,(H,23,28)(H,25,26). The van der Waals surface area contributed by atoms with E-state index in [1.54, 1.807) is 36.1 Å². The molecule has 0 atom stereocenters. The first-order valence-corrected chi connectivity index (χ1v) is 11.7. The highest BCUT2D eigenvalue weighted by Gasteiger charge is 2.12. The lowest BCUT2D eigenvalue weighted by Crippen LogP contribution is -2.24. The first kappa shape index (κ1) is 23.4. The molecule has 0 spiro atoms. The SMILES string of the molecule is COc1ccccc1NC(=O)Cc1nc(COC(=O)CCCNC(=O)c2ccsc2)cs1. The van der Waals surface area contributed by atoms with Crippen LogP contribution in [0.2, 0.25) is 0 Å². The number of para-hydroxylation sites is 2. The Balaban J connectivity index is 1.35. The fourth-order valence-electron chi connectivity index (χ4n) is 2.73. The van der Waals surface area contributed by atoms with Gasteiger partial charge in [0.1, 0.15) is 17.4 Å². The van der Waals surface area contributed by atoms with Crippen LogP contribution in [0.4, 0.5) is 5.69 Å². The predicted octanol–water partition coefficient (Wildman–Crippen LogP) is 3.65. The Morgan fingerprint density at radius 3 is 2.75 bits per heavy atom. The zero-order valence-electron chi connectivity index (χ0n) is 17.5. The third-order valence-electron chi connectivity index (χ3n) is 4.30. The van der Waals surface area contributed by atoms with Gasteiger partial charge in [-0.3, -0.25) is 14.4 Å². The van der Waals surface area contributed by atoms with Crippen LogP contribution in [0.5, 0.6) is 5.75 Å². The normalized spacial score (nSPS) is 10.4. The van der Waals surface area contributed by atoms with Gasteiger partial charge in [0, 0.05) is 29.3 Å². The fraction of sp³-hybridized carbons (Fsp3) is 0.273. The summed E-state index contributed by atoms with van der Waals surface area (Å²) in [5.41, 5.74) is 1.81. The maximum Gasteiger partial charge on any atom is 0.306 e. The highest BCUT2D eigenvalue weighted by Crippen LogP contribution is 2.23. The number of nitrogens with one attached hydrogen (secondary N) is 2. The van der Waals surface area contributed by atoms with E-state index in [0.29, 0.717) is 40.7 Å². The smallest absolute Gasteiger partial charge is 0.306 e. The van der Waals surface area contributed by atoms with Gasteiger partial charge in [-0.2, -0.15) is 11.3 Å². The van der Waals surface area contributed by atoms with E-state index in [9.17, 15) is 14.4 Å². The molecule has 0 saturated carbocycles. The maximum atomic E-state index is 12.3. The number of methoxy groups -OCH3 is 1. The zero-order chi connectivity index (χ0) is 22.8. The summed E-state index contributed by atoms with van der Waals surface area (Å²) in [5, 5.41) is 11.6. The van der Waals surface area contributed by atoms with E-state index in [1.807, 2.05) is 17.5 Å². The predicted molar refractivity (Wildman–Crippen MR) is 123 cm³/mol. The van der Waals surface area contributed by atoms with Gasteiger partial charge < -0.3 is 20.1 Å². The van der Waals surface area contributed by atoms with Gasteiger partial charge in [-0.15, -0.1) is 11.3 Å². The molecule has 3 rings (SSSR count). The average molecular weight is 474 g/mol. The van der Waals surface area contributed by atoms with E-state index in [-0.39, 0.29) is 37.2 Å². The molecule has 2 N–H and O–H groups in total. The Morgan fingerprint density at radius 1 is 1.12 bits per heavy atom. The molecular weight excluding hydrogens is 450 g/mol. The van der Waals surface area contributed by atoms with E-state index < -0.39 is 0 Å². The molecule has 0 aliphatic rings. The third-order valence-corrected chi connectivity index (χ3v) is 5.88. The molecule has 0 fully saturated rings. The lowest BCUT2D eigenvalue weighted by molar-refractivity contribution is -0.145. The summed E-state index contributed by atoms with van der Waals surface area (Å²) in [5.74, 6) is -0.141. The van der Waals surface area contributed by atoms with Crippen molar-refractivity contribution in [1.29, 1.82) is 0 Å². The molecule has 3 aromatic rings. The number of ether oxygens (including phenoxy) is 2. The van der Waals surface area contributed by atoms with Crippen LogP contribution in [-0.4, -0.2) is 36.4 Å². The largest absolute Gasteiger partial charge is 0.495 e. The van der Waals surface area contributed by atoms with E-state index in [1.165, 1.54) is 22.7 Å². The van der Waals surface area contributed by atoms with Crippen molar-refractivity contribution in [2.45, 2.75) is 25.9 Å². The molecule has 168 valence electrons. The lowest BCUT2D eigenvalue weighted by atomic mass is 10.3. The van der Waals surface area contributed by atoms with Crippen LogP contribution in [-0.2, 0) is 27.4 Å². The Hall–Kier alpha value is -3.24. The molecule has 10 heteroatoms. The second-order valence-corrected chi connectivity index (χ2v) is 8.41. The summed E-state index contributed by atoms with van der Waals surface area (Å²) in [6.07, 6.45) is 0.795. The second kappa shape index (κ2) is 12.0. The van der Waals surface area contributed by atoms with Crippen molar-refractivity contribution >= 4 is 46.1 Å². The van der Waals surface area contributed by atoms with E-state index >= 15 is 0 Å². The number of thiophene rings is 1. The number of benzene rings is 1. The minimum absolute atomic E-state index is 0.0464. The first-order chi connectivity index (χ1) is 15.5. The summed E-state index contributed by atoms with van der Waals surface area (Å²) in [7, 11) is 1.54. The molecule has 2 amide bonds. The van der Waals surface area contributed by atoms with E-state index in [0.717, 1.165) is 0 Å². The van der Waals surface area contributed by atoms with Crippen LogP contribution in [0.1, 0.15) is 33.9 Å². The van der Waals surface area contributed by atoms with Gasteiger partial charge >= 0.3 is 5.97 Å². The van der Waals surface area contributed by atoms with Crippen molar-refractivity contribution in [3.63, 3.8) is 0 Å². The number of amides is 2. The highest BCUT2D eigenvalue weighted by atomic mass is 32.1. The van der Waals surface area contributed by atoms with Crippen molar-refractivity contribution in [2.24, 2.45) is 0 Å². The molecule has 0 radical (unpaired) electrons. The first-order valence-electron chi connectivity index (χ1n) is 9.87. The van der Waals surface area contributed by atoms with Gasteiger partial charge in [0.2, 0.25) is 5.91 Å². The molecule has 0 bridgehead atoms. The molecule has 0 aliphatic carbocycles. The van der Waals surface area contributed by atoms with Crippen molar-refractivity contribution in [3.8, 4) is 5.75 Å². The molecule has 0 saturated heterocycles. The van der Waals surface area contributed by atoms with Gasteiger partial charge in [0.25, 0.3) is 5.91 Å². The molecule has 0 unspecified atom stereocenters. The Bertz CT molecular complexity index is 1050. The number of hydrogen-bond donors (Lipinski definition) is 2. The van der Waals surface area contributed by atoms with Crippen LogP contribution < -0.4 is 15.4 Å². The summed E-state index contributed by atoms with van der Waals surface area (Å²) < 4.78 is 10.5. The summed E-state index contributed by atoms with van der Waals surface area (Å²) in [4.78, 5) is 40.3. The maximum absolute atomic E-state index is 12.3. The number of esters is 1. The Morgan fingerprint density at radius 2 is 1.97 bits per heavy atom. The number of thiazole rings is 1. The molecule has 1 aromatic carbocycles. The molecule has 0 aliphatic heterocycles. The quantitative estimate of drug-likeness (QED) is 0.325. The Kier molecular flexibility index (Phi) is 8.76. The van der Waals surface area contributed by atoms with Crippen molar-refractivity contribution in [1.82, 2.24) is 10.3 Å². The number of carbonyl (C=O) groups is 3. The number of hydrogen-bond acceptors (Lipinski definition) is 8. The van der Waals surface area contributed by atoms with E-state index in [2.05, 4.69) is 15.6 Å². The number of aromatic nitrogens is 1. The number of nitrogens with zero attached hydrogens (tertiary/aromatic N) is 1. The number of carbonyl (C=O) groups excluding carboxylic acids is 3. The summed E-state index contributed by atoms with van der Waals surface area (Å²) >= 11 is 2.79. The fourth-order valence-corrected chi connectivity index (χ4v) is 4.15. The van der Waals surface area contributed by atoms with Gasteiger partial charge in [-0.25, -0.2) is 4.98 Å². The molecule has 8 nitrogen and oxygen atoms in total. The van der Waals surface area contributed by atoms with Gasteiger partial charge in [0.05, 0.1) is 24.9 Å². The van der Waals surface area contributed by atoms with Crippen molar-refractivity contribution in [2.75, 3.05) is 19.0 Å². The number of anilines is 1. The third kappa shape index (κ3) is 7.17. The van der Waals surface area contributed by atoms with Crippen LogP contribution in [0.3, 0.4) is 0 Å². The second-order valence-electron chi connectivity index (χ2n) is 6.69. The highest BCUT2D eigenvalue weighted by molar-refractivity contribution is 7.09. The topological polar surface area (TPSA) is 107 Å². The Labute approximate surface area is 193 Å². The minimum atomic E-state index is -0.363. The van der Waals surface area contributed by atoms with Crippen LogP contribution in [0, 0.1) is 0 Å². The van der Waals surface area contributed by atoms with Crippen LogP contribution in [0.15, 0.2) is 46.5 Å². The number of rotatable bonds is 11. The van der Waals surface area contributed by atoms with Crippen LogP contribution in [0.25, 0.3) is 0 Å². The van der Waals surface area contributed by atoms with Gasteiger partial charge in [-0.1, -0.05) is 12.1 Å². The molecule has 2 aromatic heterocycles. The summed E-state index contributed by atoms with van der Waals surface area (Å²) in [6, 6.07) is 8.91. The van der Waals surface area contributed by atoms with Crippen molar-refractivity contribution in [3.05, 3.63) is 62.7 Å². The van der Waals surface area contributed by atoms with E-state index in [4.69, 9.17) is 9.47 Å². The zero-order valence-corrected chi connectivity index (χ0v) is 19.1. The molecule has 32 heavy (non-hydrogen) atoms. The lowest BCUT2D eigenvalue weighted by Gasteiger charge is -2.08. The minimum Gasteiger partial charge on any atom is -0.495 e. The molecular formula is C22H23N3O5S2. The van der Waals surface area contributed by atoms with Crippen molar-refractivity contribution < 1.29 is 23.9 Å². The van der Waals surface area contributed by atoms with Crippen LogP contribution >= 0.6 is 22.7 Å². The van der Waals surface area contributed by atoms with Gasteiger partial charge in [-0.05, 0) is 30.0 Å². The van der Waals surface area contributed by atoms with Gasteiger partial charge in [0.15, 0.2) is 0 Å². The summed E-state index contributed by atoms with van der Waals surface area (Å²) in [6.45, 7) is 0.441. The monoisotopic (exact) mass is 473 g/mol.